The molecule has 1 aromatic carbocycles. The molecule has 1 aliphatic heterocycles. The van der Waals surface area contributed by atoms with Crippen LogP contribution in [0.25, 0.3) is 0 Å². The number of nitrogens with one attached hydrogen (secondary N) is 1. The van der Waals surface area contributed by atoms with Crippen LogP contribution < -0.4 is 15.0 Å². The molecule has 1 aliphatic rings. The predicted octanol–water partition coefficient (Wildman–Crippen LogP) is 1.67. The molecule has 1 saturated heterocycles. The van der Waals surface area contributed by atoms with Crippen molar-refractivity contribution in [2.45, 2.75) is 17.7 Å². The Balaban J connectivity index is 1.46. The van der Waals surface area contributed by atoms with Crippen LogP contribution in [0.1, 0.15) is 12.5 Å². The summed E-state index contributed by atoms with van der Waals surface area (Å²) in [5.74, 6) is 1.25. The van der Waals surface area contributed by atoms with Crippen molar-refractivity contribution in [1.29, 1.82) is 0 Å². The van der Waals surface area contributed by atoms with Crippen LogP contribution in [0.3, 0.4) is 0 Å². The number of carbonyl (C=O) groups is 2. The molecule has 1 aromatic heterocycles. The van der Waals surface area contributed by atoms with Gasteiger partial charge in [0.2, 0.25) is 16.9 Å². The average molecular weight is 436 g/mol. The quantitative estimate of drug-likeness (QED) is 0.631. The number of nitrogens with zero attached hydrogens (tertiary/aromatic N) is 4. The number of ether oxygens (including phenoxy) is 1. The summed E-state index contributed by atoms with van der Waals surface area (Å²) in [6.45, 7) is 5.36. The van der Waals surface area contributed by atoms with Crippen molar-refractivity contribution in [3.8, 4) is 5.75 Å². The van der Waals surface area contributed by atoms with Gasteiger partial charge in [0, 0.05) is 33.2 Å². The zero-order valence-electron chi connectivity index (χ0n) is 16.6. The number of thioether (sulfide) groups is 1. The standard InChI is InChI=1S/C19H25N5O3S2/c1-3-27-15-6-4-14(5-7-15)12-17(26)23-8-10-24(11-9-23)18-21-22-19(29-18)28-13-16(25)20-2/h4-7H,3,8-13H2,1-2H3,(H,20,25). The highest BCUT2D eigenvalue weighted by Gasteiger charge is 2.23. The lowest BCUT2D eigenvalue weighted by Gasteiger charge is -2.34. The molecule has 0 spiro atoms. The van der Waals surface area contributed by atoms with Crippen LogP contribution in [0, 0.1) is 0 Å². The number of hydrogen-bond donors (Lipinski definition) is 1. The van der Waals surface area contributed by atoms with Crippen LogP contribution in [-0.4, -0.2) is 72.5 Å². The lowest BCUT2D eigenvalue weighted by molar-refractivity contribution is -0.130. The van der Waals surface area contributed by atoms with Crippen LogP contribution in [0.4, 0.5) is 5.13 Å². The molecule has 10 heteroatoms. The van der Waals surface area contributed by atoms with E-state index >= 15 is 0 Å². The van der Waals surface area contributed by atoms with Gasteiger partial charge in [-0.15, -0.1) is 10.2 Å². The highest BCUT2D eigenvalue weighted by atomic mass is 32.2. The van der Waals surface area contributed by atoms with Crippen molar-refractivity contribution in [2.75, 3.05) is 50.5 Å². The van der Waals surface area contributed by atoms with Crippen molar-refractivity contribution in [3.05, 3.63) is 29.8 Å². The van der Waals surface area contributed by atoms with Gasteiger partial charge in [-0.05, 0) is 24.6 Å². The number of carbonyl (C=O) groups excluding carboxylic acids is 2. The van der Waals surface area contributed by atoms with Crippen molar-refractivity contribution in [1.82, 2.24) is 20.4 Å². The molecule has 1 N–H and O–H groups in total. The highest BCUT2D eigenvalue weighted by Crippen LogP contribution is 2.28. The molecule has 2 aromatic rings. The monoisotopic (exact) mass is 435 g/mol. The SMILES string of the molecule is CCOc1ccc(CC(=O)N2CCN(c3nnc(SCC(=O)NC)s3)CC2)cc1. The molecule has 0 aliphatic carbocycles. The number of amides is 2. The van der Waals surface area contributed by atoms with E-state index in [2.05, 4.69) is 20.4 Å². The first kappa shape index (κ1) is 21.4. The molecular formula is C19H25N5O3S2. The van der Waals surface area contributed by atoms with E-state index in [1.165, 1.54) is 23.1 Å². The molecule has 0 bridgehead atoms. The number of rotatable bonds is 8. The molecule has 1 fully saturated rings. The van der Waals surface area contributed by atoms with Crippen molar-refractivity contribution >= 4 is 40.0 Å². The van der Waals surface area contributed by atoms with E-state index in [0.29, 0.717) is 31.9 Å². The van der Waals surface area contributed by atoms with Crippen LogP contribution in [-0.2, 0) is 16.0 Å². The Morgan fingerprint density at radius 3 is 2.55 bits per heavy atom. The fourth-order valence-corrected chi connectivity index (χ4v) is 4.66. The molecule has 0 radical (unpaired) electrons. The third-order valence-corrected chi connectivity index (χ3v) is 6.61. The Bertz CT molecular complexity index is 820. The summed E-state index contributed by atoms with van der Waals surface area (Å²) in [5, 5.41) is 11.8. The maximum Gasteiger partial charge on any atom is 0.230 e. The molecule has 8 nitrogen and oxygen atoms in total. The van der Waals surface area contributed by atoms with Crippen molar-refractivity contribution in [3.63, 3.8) is 0 Å². The lowest BCUT2D eigenvalue weighted by atomic mass is 10.1. The van der Waals surface area contributed by atoms with Crippen LogP contribution in [0.5, 0.6) is 5.75 Å². The largest absolute Gasteiger partial charge is 0.494 e. The summed E-state index contributed by atoms with van der Waals surface area (Å²) in [7, 11) is 1.62. The van der Waals surface area contributed by atoms with Gasteiger partial charge in [0.05, 0.1) is 18.8 Å². The summed E-state index contributed by atoms with van der Waals surface area (Å²) in [6, 6.07) is 7.69. The first-order chi connectivity index (χ1) is 14.1. The van der Waals surface area contributed by atoms with Gasteiger partial charge in [-0.25, -0.2) is 0 Å². The highest BCUT2D eigenvalue weighted by molar-refractivity contribution is 8.01. The number of hydrogen-bond acceptors (Lipinski definition) is 8. The van der Waals surface area contributed by atoms with E-state index in [4.69, 9.17) is 4.74 Å². The maximum absolute atomic E-state index is 12.6. The summed E-state index contributed by atoms with van der Waals surface area (Å²) in [4.78, 5) is 28.0. The molecular weight excluding hydrogens is 410 g/mol. The zero-order chi connectivity index (χ0) is 20.6. The van der Waals surface area contributed by atoms with Gasteiger partial charge in [-0.3, -0.25) is 9.59 Å². The minimum absolute atomic E-state index is 0.0357. The minimum Gasteiger partial charge on any atom is -0.494 e. The molecule has 2 amide bonds. The second kappa shape index (κ2) is 10.4. The fraction of sp³-hybridized carbons (Fsp3) is 0.474. The third-order valence-electron chi connectivity index (χ3n) is 4.49. The molecule has 0 unspecified atom stereocenters. The maximum atomic E-state index is 12.6. The second-order valence-electron chi connectivity index (χ2n) is 6.43. The average Bonchev–Trinajstić information content (AvgIpc) is 3.23. The third kappa shape index (κ3) is 6.07. The first-order valence-electron chi connectivity index (χ1n) is 9.50. The zero-order valence-corrected chi connectivity index (χ0v) is 18.2. The van der Waals surface area contributed by atoms with Crippen LogP contribution in [0.2, 0.25) is 0 Å². The first-order valence-corrected chi connectivity index (χ1v) is 11.3. The molecule has 29 heavy (non-hydrogen) atoms. The molecule has 2 heterocycles. The van der Waals surface area contributed by atoms with Gasteiger partial charge in [0.25, 0.3) is 0 Å². The van der Waals surface area contributed by atoms with Gasteiger partial charge in [-0.2, -0.15) is 0 Å². The van der Waals surface area contributed by atoms with Gasteiger partial charge in [0.1, 0.15) is 5.75 Å². The van der Waals surface area contributed by atoms with Crippen LogP contribution >= 0.6 is 23.1 Å². The lowest BCUT2D eigenvalue weighted by Crippen LogP contribution is -2.49. The molecule has 0 atom stereocenters. The van der Waals surface area contributed by atoms with E-state index in [9.17, 15) is 9.59 Å². The Kier molecular flexibility index (Phi) is 7.70. The van der Waals surface area contributed by atoms with Gasteiger partial charge >= 0.3 is 0 Å². The van der Waals surface area contributed by atoms with Crippen molar-refractivity contribution < 1.29 is 14.3 Å². The minimum atomic E-state index is -0.0357. The second-order valence-corrected chi connectivity index (χ2v) is 8.61. The summed E-state index contributed by atoms with van der Waals surface area (Å²) < 4.78 is 6.21. The molecule has 3 rings (SSSR count). The smallest absolute Gasteiger partial charge is 0.230 e. The van der Waals surface area contributed by atoms with E-state index in [1.807, 2.05) is 36.1 Å². The van der Waals surface area contributed by atoms with Crippen molar-refractivity contribution in [2.24, 2.45) is 0 Å². The fourth-order valence-electron chi connectivity index (χ4n) is 2.89. The number of aromatic nitrogens is 2. The van der Waals surface area contributed by atoms with Gasteiger partial charge in [0.15, 0.2) is 4.34 Å². The number of piperazine rings is 1. The van der Waals surface area contributed by atoms with E-state index < -0.39 is 0 Å². The number of benzene rings is 1. The van der Waals surface area contributed by atoms with Crippen LogP contribution in [0.15, 0.2) is 28.6 Å². The topological polar surface area (TPSA) is 87.7 Å². The van der Waals surface area contributed by atoms with Gasteiger partial charge < -0.3 is 19.9 Å². The number of anilines is 1. The summed E-state index contributed by atoms with van der Waals surface area (Å²) in [5.41, 5.74) is 0.989. The van der Waals surface area contributed by atoms with Gasteiger partial charge in [-0.1, -0.05) is 35.2 Å². The van der Waals surface area contributed by atoms with E-state index in [0.717, 1.165) is 33.9 Å². The Morgan fingerprint density at radius 1 is 1.17 bits per heavy atom. The Hall–Kier alpha value is -2.33. The predicted molar refractivity (Wildman–Crippen MR) is 115 cm³/mol. The summed E-state index contributed by atoms with van der Waals surface area (Å²) in [6.07, 6.45) is 0.394. The van der Waals surface area contributed by atoms with E-state index in [1.54, 1.807) is 7.05 Å². The van der Waals surface area contributed by atoms with E-state index in [-0.39, 0.29) is 11.8 Å². The molecule has 156 valence electrons. The summed E-state index contributed by atoms with van der Waals surface area (Å²) >= 11 is 2.86. The molecule has 0 saturated carbocycles. The normalized spacial score (nSPS) is 14.0. The Labute approximate surface area is 178 Å². The Morgan fingerprint density at radius 2 is 1.90 bits per heavy atom.